The summed E-state index contributed by atoms with van der Waals surface area (Å²) in [6.45, 7) is 2.14. The van der Waals surface area contributed by atoms with Gasteiger partial charge in [0.05, 0.1) is 0 Å². The van der Waals surface area contributed by atoms with E-state index in [1.807, 2.05) is 12.1 Å². The minimum Gasteiger partial charge on any atom is -0.398 e. The summed E-state index contributed by atoms with van der Waals surface area (Å²) >= 11 is 5.85. The van der Waals surface area contributed by atoms with Crippen molar-refractivity contribution in [3.8, 4) is 0 Å². The lowest BCUT2D eigenvalue weighted by Gasteiger charge is -2.17. The quantitative estimate of drug-likeness (QED) is 0.582. The molecule has 0 unspecified atom stereocenters. The molecule has 0 spiro atoms. The number of hydrogen-bond acceptors (Lipinski definition) is 3. The lowest BCUT2D eigenvalue weighted by molar-refractivity contribution is 0.271. The molecule has 1 rings (SSSR count). The highest BCUT2D eigenvalue weighted by atomic mass is 35.5. The first-order chi connectivity index (χ1) is 8.13. The Morgan fingerprint density at radius 2 is 2.06 bits per heavy atom. The van der Waals surface area contributed by atoms with Crippen LogP contribution in [0.2, 0.25) is 5.02 Å². The van der Waals surface area contributed by atoms with Crippen LogP contribution in [0.4, 0.5) is 5.69 Å². The second-order valence-electron chi connectivity index (χ2n) is 4.37. The molecule has 0 aliphatic carbocycles. The fraction of sp³-hybridized carbons (Fsp3) is 0.538. The van der Waals surface area contributed by atoms with Gasteiger partial charge in [-0.25, -0.2) is 0 Å². The highest BCUT2D eigenvalue weighted by molar-refractivity contribution is 6.30. The van der Waals surface area contributed by atoms with Gasteiger partial charge < -0.3 is 15.7 Å². The lowest BCUT2D eigenvalue weighted by atomic mass is 10.1. The second-order valence-corrected chi connectivity index (χ2v) is 4.80. The molecule has 0 atom stereocenters. The number of hydrogen-bond donors (Lipinski definition) is 2. The standard InChI is InChI=1S/C13H21ClN2O/c1-16(7-3-2-4-8-17)10-11-5-6-12(14)9-13(11)15/h5-6,9,17H,2-4,7-8,10,15H2,1H3. The van der Waals surface area contributed by atoms with Crippen LogP contribution in [0.5, 0.6) is 0 Å². The number of unbranched alkanes of at least 4 members (excludes halogenated alkanes) is 2. The monoisotopic (exact) mass is 256 g/mol. The van der Waals surface area contributed by atoms with Crippen LogP contribution in [0, 0.1) is 0 Å². The smallest absolute Gasteiger partial charge is 0.0431 e. The number of nitrogens with two attached hydrogens (primary N) is 1. The number of anilines is 1. The van der Waals surface area contributed by atoms with Crippen molar-refractivity contribution in [2.45, 2.75) is 25.8 Å². The third kappa shape index (κ3) is 5.39. The van der Waals surface area contributed by atoms with E-state index in [2.05, 4.69) is 11.9 Å². The van der Waals surface area contributed by atoms with E-state index in [1.54, 1.807) is 6.07 Å². The summed E-state index contributed by atoms with van der Waals surface area (Å²) in [5.74, 6) is 0. The van der Waals surface area contributed by atoms with Crippen molar-refractivity contribution >= 4 is 17.3 Å². The van der Waals surface area contributed by atoms with Crippen molar-refractivity contribution in [3.63, 3.8) is 0 Å². The minimum absolute atomic E-state index is 0.286. The van der Waals surface area contributed by atoms with E-state index in [4.69, 9.17) is 22.4 Å². The van der Waals surface area contributed by atoms with Gasteiger partial charge in [0, 0.05) is 23.9 Å². The fourth-order valence-electron chi connectivity index (χ4n) is 1.75. The number of aliphatic hydroxyl groups excluding tert-OH is 1. The van der Waals surface area contributed by atoms with Crippen LogP contribution in [-0.2, 0) is 6.54 Å². The van der Waals surface area contributed by atoms with Crippen LogP contribution in [0.15, 0.2) is 18.2 Å². The van der Waals surface area contributed by atoms with Crippen LogP contribution in [0.1, 0.15) is 24.8 Å². The van der Waals surface area contributed by atoms with Crippen molar-refractivity contribution in [1.82, 2.24) is 4.90 Å². The van der Waals surface area contributed by atoms with Gasteiger partial charge in [-0.05, 0) is 50.6 Å². The predicted molar refractivity (Wildman–Crippen MR) is 73.1 cm³/mol. The van der Waals surface area contributed by atoms with E-state index in [0.717, 1.165) is 43.6 Å². The normalized spacial score (nSPS) is 11.1. The van der Waals surface area contributed by atoms with Crippen LogP contribution < -0.4 is 5.73 Å². The van der Waals surface area contributed by atoms with E-state index >= 15 is 0 Å². The second kappa shape index (κ2) is 7.54. The highest BCUT2D eigenvalue weighted by Crippen LogP contribution is 2.19. The minimum atomic E-state index is 0.286. The van der Waals surface area contributed by atoms with Crippen LogP contribution in [-0.4, -0.2) is 30.2 Å². The maximum absolute atomic E-state index is 8.69. The Hall–Kier alpha value is -0.770. The van der Waals surface area contributed by atoms with Crippen LogP contribution >= 0.6 is 11.6 Å². The van der Waals surface area contributed by atoms with Gasteiger partial charge >= 0.3 is 0 Å². The molecule has 4 heteroatoms. The predicted octanol–water partition coefficient (Wildman–Crippen LogP) is 2.52. The Morgan fingerprint density at radius 1 is 1.29 bits per heavy atom. The molecule has 0 saturated heterocycles. The number of nitrogen functional groups attached to an aromatic ring is 1. The van der Waals surface area contributed by atoms with E-state index in [-0.39, 0.29) is 6.61 Å². The maximum Gasteiger partial charge on any atom is 0.0431 e. The van der Waals surface area contributed by atoms with Gasteiger partial charge in [0.1, 0.15) is 0 Å². The summed E-state index contributed by atoms with van der Waals surface area (Å²) < 4.78 is 0. The summed E-state index contributed by atoms with van der Waals surface area (Å²) in [5, 5.41) is 9.36. The van der Waals surface area contributed by atoms with Crippen LogP contribution in [0.3, 0.4) is 0 Å². The molecule has 0 aliphatic heterocycles. The van der Waals surface area contributed by atoms with Crippen LogP contribution in [0.25, 0.3) is 0 Å². The first kappa shape index (κ1) is 14.3. The van der Waals surface area contributed by atoms with Gasteiger partial charge in [-0.2, -0.15) is 0 Å². The molecule has 0 amide bonds. The molecule has 0 radical (unpaired) electrons. The number of rotatable bonds is 7. The summed E-state index contributed by atoms with van der Waals surface area (Å²) in [5.41, 5.74) is 7.76. The van der Waals surface area contributed by atoms with Gasteiger partial charge in [-0.15, -0.1) is 0 Å². The Morgan fingerprint density at radius 3 is 2.71 bits per heavy atom. The molecule has 0 bridgehead atoms. The summed E-state index contributed by atoms with van der Waals surface area (Å²) in [7, 11) is 2.08. The molecule has 0 saturated carbocycles. The molecule has 1 aromatic carbocycles. The summed E-state index contributed by atoms with van der Waals surface area (Å²) in [4.78, 5) is 2.23. The number of aliphatic hydroxyl groups is 1. The third-order valence-corrected chi connectivity index (χ3v) is 2.98. The average molecular weight is 257 g/mol. The highest BCUT2D eigenvalue weighted by Gasteiger charge is 2.04. The zero-order valence-corrected chi connectivity index (χ0v) is 11.1. The number of halogens is 1. The van der Waals surface area contributed by atoms with Gasteiger partial charge in [0.25, 0.3) is 0 Å². The third-order valence-electron chi connectivity index (χ3n) is 2.75. The Balaban J connectivity index is 2.37. The number of nitrogens with zero attached hydrogens (tertiary/aromatic N) is 1. The van der Waals surface area contributed by atoms with E-state index in [0.29, 0.717) is 5.02 Å². The Labute approximate surface area is 108 Å². The zero-order chi connectivity index (χ0) is 12.7. The van der Waals surface area contributed by atoms with Crippen molar-refractivity contribution in [2.75, 3.05) is 25.9 Å². The first-order valence-corrected chi connectivity index (χ1v) is 6.34. The molecule has 3 N–H and O–H groups in total. The fourth-order valence-corrected chi connectivity index (χ4v) is 1.93. The molecule has 3 nitrogen and oxygen atoms in total. The Kier molecular flexibility index (Phi) is 6.34. The van der Waals surface area contributed by atoms with Gasteiger partial charge in [-0.1, -0.05) is 17.7 Å². The van der Waals surface area contributed by atoms with Crippen molar-refractivity contribution in [2.24, 2.45) is 0 Å². The summed E-state index contributed by atoms with van der Waals surface area (Å²) in [6, 6.07) is 5.63. The molecule has 17 heavy (non-hydrogen) atoms. The number of benzene rings is 1. The summed E-state index contributed by atoms with van der Waals surface area (Å²) in [6.07, 6.45) is 3.05. The van der Waals surface area contributed by atoms with Crippen molar-refractivity contribution in [3.05, 3.63) is 28.8 Å². The molecule has 1 aromatic rings. The maximum atomic E-state index is 8.69. The molecule has 0 heterocycles. The topological polar surface area (TPSA) is 49.5 Å². The van der Waals surface area contributed by atoms with E-state index in [1.165, 1.54) is 0 Å². The lowest BCUT2D eigenvalue weighted by Crippen LogP contribution is -2.19. The molecule has 96 valence electrons. The van der Waals surface area contributed by atoms with E-state index in [9.17, 15) is 0 Å². The molecular weight excluding hydrogens is 236 g/mol. The Bertz CT molecular complexity index is 344. The SMILES string of the molecule is CN(CCCCCO)Cc1ccc(Cl)cc1N. The molecule has 0 aliphatic rings. The van der Waals surface area contributed by atoms with Crippen molar-refractivity contribution in [1.29, 1.82) is 0 Å². The zero-order valence-electron chi connectivity index (χ0n) is 10.3. The van der Waals surface area contributed by atoms with Gasteiger partial charge in [-0.3, -0.25) is 0 Å². The van der Waals surface area contributed by atoms with Crippen molar-refractivity contribution < 1.29 is 5.11 Å². The first-order valence-electron chi connectivity index (χ1n) is 5.97. The largest absolute Gasteiger partial charge is 0.398 e. The average Bonchev–Trinajstić information content (AvgIpc) is 2.28. The molecular formula is C13H21ClN2O. The van der Waals surface area contributed by atoms with E-state index < -0.39 is 0 Å². The van der Waals surface area contributed by atoms with Gasteiger partial charge in [0.2, 0.25) is 0 Å². The molecule has 0 aromatic heterocycles. The van der Waals surface area contributed by atoms with Gasteiger partial charge in [0.15, 0.2) is 0 Å². The molecule has 0 fully saturated rings.